The topological polar surface area (TPSA) is 35.2 Å². The van der Waals surface area contributed by atoms with E-state index in [9.17, 15) is 4.39 Å². The summed E-state index contributed by atoms with van der Waals surface area (Å²) in [4.78, 5) is 0. The van der Waals surface area contributed by atoms with E-state index in [0.29, 0.717) is 11.1 Å². The molecule has 2 rings (SSSR count). The summed E-state index contributed by atoms with van der Waals surface area (Å²) >= 11 is 3.17. The van der Waals surface area contributed by atoms with Crippen LogP contribution in [-0.4, -0.2) is 6.04 Å². The van der Waals surface area contributed by atoms with E-state index in [1.54, 1.807) is 12.1 Å². The molecule has 2 nitrogen and oxygen atoms in total. The van der Waals surface area contributed by atoms with Crippen molar-refractivity contribution >= 4 is 15.9 Å². The van der Waals surface area contributed by atoms with Gasteiger partial charge in [-0.15, -0.1) is 0 Å². The minimum atomic E-state index is -0.272. The van der Waals surface area contributed by atoms with Gasteiger partial charge < -0.3 is 10.5 Å². The van der Waals surface area contributed by atoms with E-state index in [-0.39, 0.29) is 11.9 Å². The third-order valence-corrected chi connectivity index (χ3v) is 3.50. The van der Waals surface area contributed by atoms with Crippen LogP contribution in [0.3, 0.4) is 0 Å². The van der Waals surface area contributed by atoms with Gasteiger partial charge in [-0.2, -0.15) is 0 Å². The lowest BCUT2D eigenvalue weighted by Gasteiger charge is -2.13. The number of rotatable bonds is 5. The Bertz CT molecular complexity index is 586. The lowest BCUT2D eigenvalue weighted by Crippen LogP contribution is -2.18. The quantitative estimate of drug-likeness (QED) is 0.892. The van der Waals surface area contributed by atoms with Crippen molar-refractivity contribution in [2.45, 2.75) is 26.0 Å². The first kappa shape index (κ1) is 15.0. The predicted octanol–water partition coefficient (Wildman–Crippen LogP) is 4.06. The number of hydrogen-bond acceptors (Lipinski definition) is 2. The monoisotopic (exact) mass is 337 g/mol. The van der Waals surface area contributed by atoms with Crippen LogP contribution in [0.25, 0.3) is 0 Å². The van der Waals surface area contributed by atoms with Crippen molar-refractivity contribution in [3.8, 4) is 5.75 Å². The van der Waals surface area contributed by atoms with Gasteiger partial charge in [0.2, 0.25) is 0 Å². The molecule has 106 valence electrons. The van der Waals surface area contributed by atoms with Crippen LogP contribution in [0.2, 0.25) is 0 Å². The molecule has 2 aromatic carbocycles. The Morgan fingerprint density at radius 3 is 2.70 bits per heavy atom. The summed E-state index contributed by atoms with van der Waals surface area (Å²) in [5.41, 5.74) is 7.83. The number of ether oxygens (including phenoxy) is 1. The summed E-state index contributed by atoms with van der Waals surface area (Å²) in [6.07, 6.45) is 0.767. The van der Waals surface area contributed by atoms with Crippen molar-refractivity contribution in [1.82, 2.24) is 0 Å². The molecule has 4 heteroatoms. The van der Waals surface area contributed by atoms with Gasteiger partial charge in [0.05, 0.1) is 4.47 Å². The highest BCUT2D eigenvalue weighted by molar-refractivity contribution is 9.10. The van der Waals surface area contributed by atoms with Crippen molar-refractivity contribution in [1.29, 1.82) is 0 Å². The largest absolute Gasteiger partial charge is 0.489 e. The first-order valence-corrected chi connectivity index (χ1v) is 7.26. The number of halogens is 2. The number of benzene rings is 2. The van der Waals surface area contributed by atoms with E-state index < -0.39 is 0 Å². The first-order chi connectivity index (χ1) is 9.56. The molecular formula is C16H17BrFNO. The highest BCUT2D eigenvalue weighted by atomic mass is 79.9. The maximum Gasteiger partial charge on any atom is 0.137 e. The number of nitrogens with two attached hydrogens (primary N) is 1. The predicted molar refractivity (Wildman–Crippen MR) is 82.2 cm³/mol. The zero-order valence-corrected chi connectivity index (χ0v) is 12.9. The van der Waals surface area contributed by atoms with Crippen molar-refractivity contribution < 1.29 is 9.13 Å². The SMILES string of the molecule is CC(N)Cc1ccccc1OCc1ccc(F)c(Br)c1. The molecule has 20 heavy (non-hydrogen) atoms. The smallest absolute Gasteiger partial charge is 0.137 e. The van der Waals surface area contributed by atoms with E-state index in [1.807, 2.05) is 31.2 Å². The fourth-order valence-corrected chi connectivity index (χ4v) is 2.38. The maximum atomic E-state index is 13.2. The Balaban J connectivity index is 2.08. The van der Waals surface area contributed by atoms with E-state index >= 15 is 0 Å². The second kappa shape index (κ2) is 6.86. The number of hydrogen-bond donors (Lipinski definition) is 1. The summed E-state index contributed by atoms with van der Waals surface area (Å²) in [7, 11) is 0. The Kier molecular flexibility index (Phi) is 5.15. The second-order valence-corrected chi connectivity index (χ2v) is 5.68. The molecule has 0 fully saturated rings. The molecule has 0 amide bonds. The molecule has 1 unspecified atom stereocenters. The molecule has 0 aliphatic carbocycles. The zero-order valence-electron chi connectivity index (χ0n) is 11.3. The summed E-state index contributed by atoms with van der Waals surface area (Å²) in [6, 6.07) is 12.8. The molecule has 0 aliphatic rings. The van der Waals surface area contributed by atoms with Crippen molar-refractivity contribution in [2.24, 2.45) is 5.73 Å². The summed E-state index contributed by atoms with van der Waals surface area (Å²) in [5.74, 6) is 0.552. The highest BCUT2D eigenvalue weighted by Crippen LogP contribution is 2.22. The van der Waals surface area contributed by atoms with Gasteiger partial charge in [0.1, 0.15) is 18.2 Å². The molecule has 0 radical (unpaired) electrons. The summed E-state index contributed by atoms with van der Waals surface area (Å²) in [6.45, 7) is 2.36. The minimum Gasteiger partial charge on any atom is -0.489 e. The third-order valence-electron chi connectivity index (χ3n) is 2.89. The Hall–Kier alpha value is -1.39. The average molecular weight is 338 g/mol. The maximum absolute atomic E-state index is 13.2. The average Bonchev–Trinajstić information content (AvgIpc) is 2.41. The first-order valence-electron chi connectivity index (χ1n) is 6.46. The van der Waals surface area contributed by atoms with Crippen molar-refractivity contribution in [2.75, 3.05) is 0 Å². The van der Waals surface area contributed by atoms with E-state index in [2.05, 4.69) is 15.9 Å². The van der Waals surface area contributed by atoms with Crippen LogP contribution in [-0.2, 0) is 13.0 Å². The minimum absolute atomic E-state index is 0.0831. The van der Waals surface area contributed by atoms with Crippen molar-refractivity contribution in [3.63, 3.8) is 0 Å². The van der Waals surface area contributed by atoms with Crippen LogP contribution >= 0.6 is 15.9 Å². The van der Waals surface area contributed by atoms with Gasteiger partial charge in [0.15, 0.2) is 0 Å². The normalized spacial score (nSPS) is 12.2. The molecule has 0 aliphatic heterocycles. The fraction of sp³-hybridized carbons (Fsp3) is 0.250. The third kappa shape index (κ3) is 4.05. The van der Waals surface area contributed by atoms with Gasteiger partial charge in [-0.1, -0.05) is 24.3 Å². The van der Waals surface area contributed by atoms with E-state index in [1.165, 1.54) is 6.07 Å². The van der Waals surface area contributed by atoms with Gasteiger partial charge in [-0.25, -0.2) is 4.39 Å². The molecule has 0 aromatic heterocycles. The van der Waals surface area contributed by atoms with Crippen LogP contribution in [0.15, 0.2) is 46.9 Å². The molecule has 0 bridgehead atoms. The molecule has 0 saturated carbocycles. The van der Waals surface area contributed by atoms with Crippen molar-refractivity contribution in [3.05, 3.63) is 63.9 Å². The van der Waals surface area contributed by atoms with E-state index in [0.717, 1.165) is 23.3 Å². The van der Waals surface area contributed by atoms with Gasteiger partial charge in [-0.3, -0.25) is 0 Å². The molecule has 2 aromatic rings. The Morgan fingerprint density at radius 1 is 1.25 bits per heavy atom. The van der Waals surface area contributed by atoms with Crippen LogP contribution in [0.4, 0.5) is 4.39 Å². The van der Waals surface area contributed by atoms with Crippen LogP contribution in [0.1, 0.15) is 18.1 Å². The van der Waals surface area contributed by atoms with Gasteiger partial charge in [-0.05, 0) is 58.6 Å². The van der Waals surface area contributed by atoms with E-state index in [4.69, 9.17) is 10.5 Å². The van der Waals surface area contributed by atoms with Crippen LogP contribution in [0, 0.1) is 5.82 Å². The lowest BCUT2D eigenvalue weighted by atomic mass is 10.1. The summed E-state index contributed by atoms with van der Waals surface area (Å²) in [5, 5.41) is 0. The second-order valence-electron chi connectivity index (χ2n) is 4.83. The Labute approximate surface area is 126 Å². The van der Waals surface area contributed by atoms with Gasteiger partial charge in [0.25, 0.3) is 0 Å². The molecule has 0 spiro atoms. The molecule has 1 atom stereocenters. The van der Waals surface area contributed by atoms with Crippen LogP contribution in [0.5, 0.6) is 5.75 Å². The standard InChI is InChI=1S/C16H17BrFNO/c1-11(19)8-13-4-2-3-5-16(13)20-10-12-6-7-15(18)14(17)9-12/h2-7,9,11H,8,10,19H2,1H3. The molecule has 0 heterocycles. The lowest BCUT2D eigenvalue weighted by molar-refractivity contribution is 0.302. The number of para-hydroxylation sites is 1. The molecular weight excluding hydrogens is 321 g/mol. The molecule has 0 saturated heterocycles. The molecule has 2 N–H and O–H groups in total. The highest BCUT2D eigenvalue weighted by Gasteiger charge is 2.06. The summed E-state index contributed by atoms with van der Waals surface area (Å²) < 4.78 is 19.4. The van der Waals surface area contributed by atoms with Crippen LogP contribution < -0.4 is 10.5 Å². The van der Waals surface area contributed by atoms with Gasteiger partial charge >= 0.3 is 0 Å². The van der Waals surface area contributed by atoms with Gasteiger partial charge in [0, 0.05) is 6.04 Å². The fourth-order valence-electron chi connectivity index (χ4n) is 1.95. The Morgan fingerprint density at radius 2 is 2.00 bits per heavy atom. The zero-order chi connectivity index (χ0) is 14.5.